The van der Waals surface area contributed by atoms with Gasteiger partial charge in [-0.15, -0.1) is 0 Å². The summed E-state index contributed by atoms with van der Waals surface area (Å²) in [6.45, 7) is 2.03. The number of rotatable bonds is 2. The van der Waals surface area contributed by atoms with Crippen LogP contribution in [0.15, 0.2) is 39.2 Å². The molecule has 1 heterocycles. The van der Waals surface area contributed by atoms with Crippen LogP contribution in [0.3, 0.4) is 0 Å². The van der Waals surface area contributed by atoms with E-state index in [0.29, 0.717) is 5.76 Å². The molecule has 2 N–H and O–H groups in total. The van der Waals surface area contributed by atoms with E-state index < -0.39 is 0 Å². The van der Waals surface area contributed by atoms with Crippen LogP contribution < -0.4 is 5.73 Å². The summed E-state index contributed by atoms with van der Waals surface area (Å²) >= 11 is 8.28. The van der Waals surface area contributed by atoms with Crippen LogP contribution in [0.1, 0.15) is 11.3 Å². The molecule has 0 fully saturated rings. The van der Waals surface area contributed by atoms with Gasteiger partial charge in [0, 0.05) is 10.0 Å². The normalized spacial score (nSPS) is 10.4. The van der Waals surface area contributed by atoms with E-state index >= 15 is 0 Å². The van der Waals surface area contributed by atoms with Gasteiger partial charge < -0.3 is 10.2 Å². The molecule has 0 saturated carbocycles. The standard InChI is InChI=1S/C12H10BrNOS/c1-7-6-8(13)2-3-9(7)10-4-5-11(15-10)12(14)16/h2-6H,1H3,(H2,14,16). The second-order valence-electron chi connectivity index (χ2n) is 3.49. The van der Waals surface area contributed by atoms with Crippen LogP contribution >= 0.6 is 28.1 Å². The average molecular weight is 296 g/mol. The predicted octanol–water partition coefficient (Wildman–Crippen LogP) is 3.65. The zero-order chi connectivity index (χ0) is 11.7. The molecule has 0 aliphatic rings. The van der Waals surface area contributed by atoms with Crippen molar-refractivity contribution in [2.45, 2.75) is 6.92 Å². The monoisotopic (exact) mass is 295 g/mol. The Hall–Kier alpha value is -1.13. The van der Waals surface area contributed by atoms with Crippen LogP contribution in [0.4, 0.5) is 0 Å². The molecule has 2 rings (SSSR count). The summed E-state index contributed by atoms with van der Waals surface area (Å²) in [6, 6.07) is 9.69. The first kappa shape index (κ1) is 11.4. The minimum Gasteiger partial charge on any atom is -0.454 e. The SMILES string of the molecule is Cc1cc(Br)ccc1-c1ccc(C(N)=S)o1. The van der Waals surface area contributed by atoms with Gasteiger partial charge in [0.1, 0.15) is 10.7 Å². The maximum absolute atomic E-state index is 5.57. The van der Waals surface area contributed by atoms with E-state index in [1.807, 2.05) is 31.2 Å². The molecule has 1 aromatic carbocycles. The summed E-state index contributed by atoms with van der Waals surface area (Å²) in [7, 11) is 0. The third-order valence-corrected chi connectivity index (χ3v) is 3.00. The first-order valence-corrected chi connectivity index (χ1v) is 5.94. The van der Waals surface area contributed by atoms with Gasteiger partial charge in [-0.25, -0.2) is 0 Å². The molecule has 0 saturated heterocycles. The summed E-state index contributed by atoms with van der Waals surface area (Å²) in [4.78, 5) is 0.279. The molecule has 0 amide bonds. The summed E-state index contributed by atoms with van der Waals surface area (Å²) in [5.74, 6) is 1.33. The Kier molecular flexibility index (Phi) is 3.12. The molecule has 82 valence electrons. The van der Waals surface area contributed by atoms with Crippen molar-refractivity contribution < 1.29 is 4.42 Å². The zero-order valence-electron chi connectivity index (χ0n) is 8.66. The Morgan fingerprint density at radius 3 is 2.62 bits per heavy atom. The van der Waals surface area contributed by atoms with Crippen molar-refractivity contribution in [2.75, 3.05) is 0 Å². The maximum Gasteiger partial charge on any atom is 0.161 e. The fourth-order valence-corrected chi connectivity index (χ4v) is 2.10. The Bertz CT molecular complexity index is 548. The Labute approximate surface area is 108 Å². The molecule has 1 aromatic heterocycles. The predicted molar refractivity (Wildman–Crippen MR) is 72.5 cm³/mol. The number of hydrogen-bond donors (Lipinski definition) is 1. The van der Waals surface area contributed by atoms with Gasteiger partial charge in [0.05, 0.1) is 0 Å². The molecule has 0 atom stereocenters. The Morgan fingerprint density at radius 2 is 2.06 bits per heavy atom. The highest BCUT2D eigenvalue weighted by Gasteiger charge is 2.08. The highest BCUT2D eigenvalue weighted by Crippen LogP contribution is 2.27. The van der Waals surface area contributed by atoms with Crippen LogP contribution in [0.25, 0.3) is 11.3 Å². The van der Waals surface area contributed by atoms with E-state index in [-0.39, 0.29) is 4.99 Å². The molecule has 16 heavy (non-hydrogen) atoms. The van der Waals surface area contributed by atoms with E-state index in [9.17, 15) is 0 Å². The molecule has 0 unspecified atom stereocenters. The number of aryl methyl sites for hydroxylation is 1. The average Bonchev–Trinajstić information content (AvgIpc) is 2.66. The number of furan rings is 1. The van der Waals surface area contributed by atoms with E-state index in [4.69, 9.17) is 22.4 Å². The fraction of sp³-hybridized carbons (Fsp3) is 0.0833. The van der Waals surface area contributed by atoms with Gasteiger partial charge in [-0.2, -0.15) is 0 Å². The molecule has 0 bridgehead atoms. The lowest BCUT2D eigenvalue weighted by Crippen LogP contribution is -2.07. The van der Waals surface area contributed by atoms with Crippen molar-refractivity contribution in [3.05, 3.63) is 46.1 Å². The van der Waals surface area contributed by atoms with Gasteiger partial charge in [-0.3, -0.25) is 0 Å². The third-order valence-electron chi connectivity index (χ3n) is 2.30. The Balaban J connectivity index is 2.46. The van der Waals surface area contributed by atoms with Gasteiger partial charge in [-0.1, -0.05) is 28.1 Å². The van der Waals surface area contributed by atoms with E-state index in [2.05, 4.69) is 15.9 Å². The largest absolute Gasteiger partial charge is 0.454 e. The minimum atomic E-state index is 0.279. The minimum absolute atomic E-state index is 0.279. The van der Waals surface area contributed by atoms with E-state index in [1.165, 1.54) is 0 Å². The highest BCUT2D eigenvalue weighted by molar-refractivity contribution is 9.10. The van der Waals surface area contributed by atoms with Crippen molar-refractivity contribution >= 4 is 33.1 Å². The second kappa shape index (κ2) is 4.39. The third kappa shape index (κ3) is 2.18. The first-order chi connectivity index (χ1) is 7.58. The highest BCUT2D eigenvalue weighted by atomic mass is 79.9. The maximum atomic E-state index is 5.57. The van der Waals surface area contributed by atoms with Gasteiger partial charge in [0.15, 0.2) is 5.76 Å². The zero-order valence-corrected chi connectivity index (χ0v) is 11.1. The van der Waals surface area contributed by atoms with E-state index in [1.54, 1.807) is 6.07 Å². The van der Waals surface area contributed by atoms with Crippen molar-refractivity contribution in [2.24, 2.45) is 5.73 Å². The van der Waals surface area contributed by atoms with Crippen LogP contribution in [0, 0.1) is 6.92 Å². The van der Waals surface area contributed by atoms with Gasteiger partial charge in [-0.05, 0) is 42.8 Å². The summed E-state index contributed by atoms with van der Waals surface area (Å²) in [6.07, 6.45) is 0. The quantitative estimate of drug-likeness (QED) is 0.860. The van der Waals surface area contributed by atoms with Gasteiger partial charge in [0.25, 0.3) is 0 Å². The number of benzene rings is 1. The topological polar surface area (TPSA) is 39.2 Å². The second-order valence-corrected chi connectivity index (χ2v) is 4.84. The van der Waals surface area contributed by atoms with Gasteiger partial charge in [0.2, 0.25) is 0 Å². The van der Waals surface area contributed by atoms with Crippen LogP contribution in [0.5, 0.6) is 0 Å². The van der Waals surface area contributed by atoms with Crippen molar-refractivity contribution in [1.82, 2.24) is 0 Å². The van der Waals surface area contributed by atoms with Crippen LogP contribution in [-0.2, 0) is 0 Å². The molecule has 0 aliphatic heterocycles. The van der Waals surface area contributed by atoms with E-state index in [0.717, 1.165) is 21.4 Å². The summed E-state index contributed by atoms with van der Waals surface area (Å²) in [5.41, 5.74) is 7.68. The lowest BCUT2D eigenvalue weighted by molar-refractivity contribution is 0.573. The van der Waals surface area contributed by atoms with Crippen molar-refractivity contribution in [1.29, 1.82) is 0 Å². The molecular formula is C12H10BrNOS. The molecule has 4 heteroatoms. The molecule has 0 aliphatic carbocycles. The van der Waals surface area contributed by atoms with Crippen LogP contribution in [-0.4, -0.2) is 4.99 Å². The van der Waals surface area contributed by atoms with Crippen LogP contribution in [0.2, 0.25) is 0 Å². The van der Waals surface area contributed by atoms with Crippen molar-refractivity contribution in [3.8, 4) is 11.3 Å². The van der Waals surface area contributed by atoms with Gasteiger partial charge >= 0.3 is 0 Å². The molecule has 2 nitrogen and oxygen atoms in total. The lowest BCUT2D eigenvalue weighted by Gasteiger charge is -2.02. The lowest BCUT2D eigenvalue weighted by atomic mass is 10.1. The summed E-state index contributed by atoms with van der Waals surface area (Å²) < 4.78 is 6.62. The molecule has 0 radical (unpaired) electrons. The number of halogens is 1. The first-order valence-electron chi connectivity index (χ1n) is 4.74. The Morgan fingerprint density at radius 1 is 1.31 bits per heavy atom. The smallest absolute Gasteiger partial charge is 0.161 e. The molecular weight excluding hydrogens is 286 g/mol. The number of hydrogen-bond acceptors (Lipinski definition) is 2. The van der Waals surface area contributed by atoms with Crippen molar-refractivity contribution in [3.63, 3.8) is 0 Å². The number of nitrogens with two attached hydrogens (primary N) is 1. The fourth-order valence-electron chi connectivity index (χ4n) is 1.52. The molecule has 0 spiro atoms. The number of thiocarbonyl (C=S) groups is 1. The summed E-state index contributed by atoms with van der Waals surface area (Å²) in [5, 5.41) is 0. The molecule has 2 aromatic rings.